The number of rotatable bonds is 6. The lowest BCUT2D eigenvalue weighted by atomic mass is 10.1. The molecule has 4 rings (SSSR count). The molecular formula is C20H21N3O5S. The number of benzene rings is 2. The first-order valence-electron chi connectivity index (χ1n) is 9.37. The average Bonchev–Trinajstić information content (AvgIpc) is 3.34. The van der Waals surface area contributed by atoms with Crippen LogP contribution in [0.2, 0.25) is 0 Å². The minimum atomic E-state index is -3.93. The molecule has 0 spiro atoms. The molecule has 8 nitrogen and oxygen atoms in total. The molecule has 1 atom stereocenters. The van der Waals surface area contributed by atoms with Crippen LogP contribution in [0.3, 0.4) is 0 Å². The Bertz CT molecular complexity index is 1060. The molecule has 0 saturated carbocycles. The molecule has 1 saturated heterocycles. The topological polar surface area (TPSA) is 114 Å². The van der Waals surface area contributed by atoms with Crippen molar-refractivity contribution >= 4 is 33.2 Å². The van der Waals surface area contributed by atoms with E-state index in [1.54, 1.807) is 24.3 Å². The van der Waals surface area contributed by atoms with Gasteiger partial charge in [-0.05, 0) is 48.7 Å². The van der Waals surface area contributed by atoms with Crippen molar-refractivity contribution in [3.63, 3.8) is 0 Å². The van der Waals surface area contributed by atoms with E-state index in [9.17, 15) is 18.0 Å². The lowest BCUT2D eigenvalue weighted by Crippen LogP contribution is -2.32. The number of carbonyl (C=O) groups excluding carboxylic acids is 2. The van der Waals surface area contributed by atoms with Crippen molar-refractivity contribution in [1.82, 2.24) is 5.32 Å². The van der Waals surface area contributed by atoms with Crippen LogP contribution in [0.25, 0.3) is 0 Å². The van der Waals surface area contributed by atoms with Crippen molar-refractivity contribution < 1.29 is 22.7 Å². The van der Waals surface area contributed by atoms with Gasteiger partial charge in [0, 0.05) is 18.8 Å². The highest BCUT2D eigenvalue weighted by molar-refractivity contribution is 7.92. The lowest BCUT2D eigenvalue weighted by Gasteiger charge is -2.15. The third kappa shape index (κ3) is 4.25. The van der Waals surface area contributed by atoms with Gasteiger partial charge in [-0.2, -0.15) is 0 Å². The molecule has 3 N–H and O–H groups in total. The number of amides is 2. The second kappa shape index (κ2) is 7.84. The van der Waals surface area contributed by atoms with E-state index in [0.717, 1.165) is 12.8 Å². The van der Waals surface area contributed by atoms with Crippen LogP contribution in [0, 0.1) is 0 Å². The van der Waals surface area contributed by atoms with Gasteiger partial charge in [-0.25, -0.2) is 8.42 Å². The fraction of sp³-hybridized carbons (Fsp3) is 0.300. The summed E-state index contributed by atoms with van der Waals surface area (Å²) < 4.78 is 33.7. The fourth-order valence-corrected chi connectivity index (χ4v) is 4.58. The summed E-state index contributed by atoms with van der Waals surface area (Å²) in [6.07, 6.45) is 2.00. The van der Waals surface area contributed by atoms with E-state index in [0.29, 0.717) is 24.4 Å². The zero-order valence-electron chi connectivity index (χ0n) is 15.6. The van der Waals surface area contributed by atoms with E-state index >= 15 is 0 Å². The monoisotopic (exact) mass is 415 g/mol. The lowest BCUT2D eigenvalue weighted by molar-refractivity contribution is -0.115. The van der Waals surface area contributed by atoms with Gasteiger partial charge in [-0.3, -0.25) is 14.3 Å². The van der Waals surface area contributed by atoms with E-state index in [2.05, 4.69) is 15.4 Å². The largest absolute Gasteiger partial charge is 0.376 e. The molecule has 2 aliphatic rings. The van der Waals surface area contributed by atoms with E-state index < -0.39 is 10.0 Å². The van der Waals surface area contributed by atoms with E-state index in [1.165, 1.54) is 18.2 Å². The molecule has 0 aromatic heterocycles. The van der Waals surface area contributed by atoms with E-state index in [4.69, 9.17) is 4.74 Å². The Balaban J connectivity index is 1.52. The van der Waals surface area contributed by atoms with Gasteiger partial charge in [-0.15, -0.1) is 0 Å². The maximum Gasteiger partial charge on any atom is 0.261 e. The molecule has 0 unspecified atom stereocenters. The molecule has 0 bridgehead atoms. The van der Waals surface area contributed by atoms with E-state index in [-0.39, 0.29) is 40.5 Å². The van der Waals surface area contributed by atoms with Gasteiger partial charge in [0.05, 0.1) is 28.7 Å². The van der Waals surface area contributed by atoms with Gasteiger partial charge < -0.3 is 15.4 Å². The number of ether oxygens (including phenoxy) is 1. The zero-order valence-corrected chi connectivity index (χ0v) is 16.4. The summed E-state index contributed by atoms with van der Waals surface area (Å²) in [7, 11) is -3.93. The number of anilines is 2. The highest BCUT2D eigenvalue weighted by Gasteiger charge is 2.24. The average molecular weight is 415 g/mol. The molecule has 152 valence electrons. The van der Waals surface area contributed by atoms with Crippen molar-refractivity contribution in [2.45, 2.75) is 30.3 Å². The third-order valence-electron chi connectivity index (χ3n) is 4.94. The number of para-hydroxylation sites is 1. The minimum absolute atomic E-state index is 0.00876. The van der Waals surface area contributed by atoms with Crippen LogP contribution in [0.15, 0.2) is 47.4 Å². The quantitative estimate of drug-likeness (QED) is 0.667. The Morgan fingerprint density at radius 1 is 1.21 bits per heavy atom. The van der Waals surface area contributed by atoms with Crippen molar-refractivity contribution in [2.75, 3.05) is 23.2 Å². The Kier molecular flexibility index (Phi) is 5.25. The van der Waals surface area contributed by atoms with Crippen LogP contribution in [0.4, 0.5) is 11.4 Å². The summed E-state index contributed by atoms with van der Waals surface area (Å²) in [5.74, 6) is -0.543. The fourth-order valence-electron chi connectivity index (χ4n) is 3.45. The maximum absolute atomic E-state index is 12.9. The molecule has 1 fully saturated rings. The van der Waals surface area contributed by atoms with Crippen molar-refractivity contribution in [2.24, 2.45) is 0 Å². The molecule has 2 heterocycles. The second-order valence-corrected chi connectivity index (χ2v) is 8.72. The first-order valence-corrected chi connectivity index (χ1v) is 10.8. The summed E-state index contributed by atoms with van der Waals surface area (Å²) in [5, 5.41) is 5.47. The van der Waals surface area contributed by atoms with E-state index in [1.807, 2.05) is 0 Å². The molecule has 0 radical (unpaired) electrons. The number of hydrogen-bond acceptors (Lipinski definition) is 5. The number of fused-ring (bicyclic) bond motifs is 1. The second-order valence-electron chi connectivity index (χ2n) is 7.04. The molecule has 2 aromatic rings. The SMILES string of the molecule is O=C1Cc2cc(S(=O)(=O)Nc3ccccc3C(=O)NC[C@@H]3CCCO3)ccc2N1. The first-order chi connectivity index (χ1) is 13.9. The van der Waals surface area contributed by atoms with Crippen LogP contribution in [-0.2, 0) is 26.0 Å². The van der Waals surface area contributed by atoms with Crippen LogP contribution < -0.4 is 15.4 Å². The number of nitrogens with one attached hydrogen (secondary N) is 3. The maximum atomic E-state index is 12.9. The van der Waals surface area contributed by atoms with Crippen LogP contribution >= 0.6 is 0 Å². The number of carbonyl (C=O) groups is 2. The van der Waals surface area contributed by atoms with Gasteiger partial charge in [0.1, 0.15) is 0 Å². The van der Waals surface area contributed by atoms with Gasteiger partial charge >= 0.3 is 0 Å². The summed E-state index contributed by atoms with van der Waals surface area (Å²) in [6, 6.07) is 10.9. The van der Waals surface area contributed by atoms with Crippen molar-refractivity contribution in [3.05, 3.63) is 53.6 Å². The highest BCUT2D eigenvalue weighted by atomic mass is 32.2. The molecule has 29 heavy (non-hydrogen) atoms. The Morgan fingerprint density at radius 3 is 2.83 bits per heavy atom. The van der Waals surface area contributed by atoms with Gasteiger partial charge in [0.15, 0.2) is 0 Å². The minimum Gasteiger partial charge on any atom is -0.376 e. The first kappa shape index (κ1) is 19.4. The Labute approximate surface area is 168 Å². The molecule has 2 amide bonds. The van der Waals surface area contributed by atoms with Gasteiger partial charge in [-0.1, -0.05) is 12.1 Å². The summed E-state index contributed by atoms with van der Waals surface area (Å²) in [5.41, 5.74) is 1.66. The smallest absolute Gasteiger partial charge is 0.261 e. The number of hydrogen-bond donors (Lipinski definition) is 3. The molecular weight excluding hydrogens is 394 g/mol. The van der Waals surface area contributed by atoms with Gasteiger partial charge in [0.25, 0.3) is 15.9 Å². The molecule has 2 aliphatic heterocycles. The normalized spacial score (nSPS) is 18.2. The Morgan fingerprint density at radius 2 is 2.03 bits per heavy atom. The standard InChI is InChI=1S/C20H21N3O5S/c24-19-11-13-10-15(7-8-17(13)22-19)29(26,27)23-18-6-2-1-5-16(18)20(25)21-12-14-4-3-9-28-14/h1-2,5-8,10,14,23H,3-4,9,11-12H2,(H,21,25)(H,22,24)/t14-/m0/s1. The van der Waals surface area contributed by atoms with Crippen molar-refractivity contribution in [3.8, 4) is 0 Å². The highest BCUT2D eigenvalue weighted by Crippen LogP contribution is 2.27. The molecule has 9 heteroatoms. The van der Waals surface area contributed by atoms with Crippen molar-refractivity contribution in [1.29, 1.82) is 0 Å². The van der Waals surface area contributed by atoms with Gasteiger partial charge in [0.2, 0.25) is 5.91 Å². The number of sulfonamides is 1. The zero-order chi connectivity index (χ0) is 20.4. The Hall–Kier alpha value is -2.91. The molecule has 0 aliphatic carbocycles. The summed E-state index contributed by atoms with van der Waals surface area (Å²) in [6.45, 7) is 1.07. The predicted octanol–water partition coefficient (Wildman–Crippen LogP) is 1.89. The summed E-state index contributed by atoms with van der Waals surface area (Å²) >= 11 is 0. The third-order valence-corrected chi connectivity index (χ3v) is 6.31. The van der Waals surface area contributed by atoms with Crippen LogP contribution in [-0.4, -0.2) is 39.5 Å². The molecule has 2 aromatic carbocycles. The van der Waals surface area contributed by atoms with Crippen LogP contribution in [0.5, 0.6) is 0 Å². The summed E-state index contributed by atoms with van der Waals surface area (Å²) in [4.78, 5) is 24.1. The predicted molar refractivity (Wildman–Crippen MR) is 107 cm³/mol. The van der Waals surface area contributed by atoms with Crippen LogP contribution in [0.1, 0.15) is 28.8 Å².